The Bertz CT molecular complexity index is 564. The highest BCUT2D eigenvalue weighted by Gasteiger charge is 2.17. The minimum atomic E-state index is -0.115. The average Bonchev–Trinajstić information content (AvgIpc) is 2.61. The number of nitrogens with one attached hydrogen (secondary N) is 3. The standard InChI is InChI=1S/C12H13N5OS/c1-19-12(16-7-13)17-9-4-2-3-8-10(9)14-5-6-15-11(8)18/h2-4,14H,5-6H2,1H3,(H,15,18)(H,16,17). The van der Waals surface area contributed by atoms with Gasteiger partial charge >= 0.3 is 0 Å². The van der Waals surface area contributed by atoms with Crippen molar-refractivity contribution in [2.24, 2.45) is 4.99 Å². The number of anilines is 1. The Morgan fingerprint density at radius 2 is 2.26 bits per heavy atom. The van der Waals surface area contributed by atoms with Crippen LogP contribution in [0.25, 0.3) is 0 Å². The molecule has 1 aromatic carbocycles. The second-order valence-corrected chi connectivity index (χ2v) is 4.54. The number of aliphatic imine (C=N–C) groups is 1. The molecule has 0 aromatic heterocycles. The van der Waals surface area contributed by atoms with Gasteiger partial charge in [0.2, 0.25) is 0 Å². The molecule has 0 saturated heterocycles. The minimum Gasteiger partial charge on any atom is -0.381 e. The van der Waals surface area contributed by atoms with Crippen molar-refractivity contribution < 1.29 is 4.79 Å². The zero-order valence-corrected chi connectivity index (χ0v) is 11.2. The first-order chi connectivity index (χ1) is 9.26. The Morgan fingerprint density at radius 1 is 1.47 bits per heavy atom. The highest BCUT2D eigenvalue weighted by molar-refractivity contribution is 8.13. The van der Waals surface area contributed by atoms with Gasteiger partial charge in [0.1, 0.15) is 0 Å². The van der Waals surface area contributed by atoms with Crippen molar-refractivity contribution in [1.29, 1.82) is 5.26 Å². The molecule has 0 atom stereocenters. The quantitative estimate of drug-likeness (QED) is 0.311. The molecule has 0 spiro atoms. The number of benzene rings is 1. The van der Waals surface area contributed by atoms with Crippen LogP contribution in [0.5, 0.6) is 0 Å². The van der Waals surface area contributed by atoms with Crippen LogP contribution >= 0.6 is 11.8 Å². The first kappa shape index (κ1) is 13.2. The zero-order valence-electron chi connectivity index (χ0n) is 10.4. The van der Waals surface area contributed by atoms with Crippen molar-refractivity contribution in [3.05, 3.63) is 23.8 Å². The highest BCUT2D eigenvalue weighted by Crippen LogP contribution is 2.30. The largest absolute Gasteiger partial charge is 0.381 e. The molecule has 0 saturated carbocycles. The van der Waals surface area contributed by atoms with Crippen LogP contribution in [0.3, 0.4) is 0 Å². The summed E-state index contributed by atoms with van der Waals surface area (Å²) in [6.07, 6.45) is 3.66. The van der Waals surface area contributed by atoms with Crippen LogP contribution in [-0.4, -0.2) is 30.4 Å². The molecule has 3 N–H and O–H groups in total. The first-order valence-electron chi connectivity index (χ1n) is 5.69. The summed E-state index contributed by atoms with van der Waals surface area (Å²) in [5.74, 6) is -0.115. The smallest absolute Gasteiger partial charge is 0.253 e. The molecule has 0 aliphatic carbocycles. The van der Waals surface area contributed by atoms with E-state index in [1.54, 1.807) is 18.2 Å². The van der Waals surface area contributed by atoms with Crippen molar-refractivity contribution in [3.63, 3.8) is 0 Å². The Hall–Kier alpha value is -2.20. The molecule has 98 valence electrons. The lowest BCUT2D eigenvalue weighted by Crippen LogP contribution is -2.24. The molecule has 2 rings (SSSR count). The first-order valence-corrected chi connectivity index (χ1v) is 6.91. The number of nitriles is 1. The number of carbonyl (C=O) groups is 1. The van der Waals surface area contributed by atoms with E-state index in [0.717, 1.165) is 0 Å². The maximum atomic E-state index is 11.9. The Balaban J connectivity index is 2.45. The fourth-order valence-corrected chi connectivity index (χ4v) is 2.09. The summed E-state index contributed by atoms with van der Waals surface area (Å²) in [6, 6.07) is 5.33. The van der Waals surface area contributed by atoms with Crippen LogP contribution in [0.15, 0.2) is 23.2 Å². The van der Waals surface area contributed by atoms with Crippen LogP contribution in [0.1, 0.15) is 10.4 Å². The molecule has 6 nitrogen and oxygen atoms in total. The number of amides is 1. The summed E-state index contributed by atoms with van der Waals surface area (Å²) < 4.78 is 0. The van der Waals surface area contributed by atoms with Crippen LogP contribution in [0.2, 0.25) is 0 Å². The molecule has 7 heteroatoms. The molecular formula is C12H13N5OS. The second kappa shape index (κ2) is 6.11. The maximum Gasteiger partial charge on any atom is 0.253 e. The van der Waals surface area contributed by atoms with Gasteiger partial charge in [-0.1, -0.05) is 17.8 Å². The number of fused-ring (bicyclic) bond motifs is 1. The van der Waals surface area contributed by atoms with Gasteiger partial charge < -0.3 is 10.6 Å². The summed E-state index contributed by atoms with van der Waals surface area (Å²) in [5, 5.41) is 17.6. The van der Waals surface area contributed by atoms with Gasteiger partial charge in [0.25, 0.3) is 5.91 Å². The number of thioether (sulfide) groups is 1. The third-order valence-corrected chi connectivity index (χ3v) is 3.16. The van der Waals surface area contributed by atoms with Gasteiger partial charge in [-0.2, -0.15) is 5.26 Å². The van der Waals surface area contributed by atoms with Crippen molar-refractivity contribution in [1.82, 2.24) is 10.6 Å². The van der Waals surface area contributed by atoms with Crippen LogP contribution in [0, 0.1) is 11.5 Å². The topological polar surface area (TPSA) is 89.3 Å². The van der Waals surface area contributed by atoms with Gasteiger partial charge in [-0.25, -0.2) is 4.99 Å². The van der Waals surface area contributed by atoms with Gasteiger partial charge in [0.15, 0.2) is 11.4 Å². The molecule has 1 heterocycles. The molecule has 0 fully saturated rings. The summed E-state index contributed by atoms with van der Waals surface area (Å²) in [5.41, 5.74) is 1.90. The van der Waals surface area contributed by atoms with E-state index < -0.39 is 0 Å². The Morgan fingerprint density at radius 3 is 3.00 bits per heavy atom. The lowest BCUT2D eigenvalue weighted by atomic mass is 10.1. The minimum absolute atomic E-state index is 0.115. The van der Waals surface area contributed by atoms with Crippen molar-refractivity contribution in [2.45, 2.75) is 0 Å². The van der Waals surface area contributed by atoms with E-state index in [9.17, 15) is 4.79 Å². The molecule has 1 aromatic rings. The van der Waals surface area contributed by atoms with Crippen molar-refractivity contribution in [3.8, 4) is 6.19 Å². The number of hydrogen-bond acceptors (Lipinski definition) is 5. The number of hydrogen-bond donors (Lipinski definition) is 3. The van der Waals surface area contributed by atoms with Crippen LogP contribution in [0.4, 0.5) is 11.4 Å². The van der Waals surface area contributed by atoms with Crippen molar-refractivity contribution >= 4 is 34.2 Å². The number of amidine groups is 1. The average molecular weight is 275 g/mol. The molecule has 0 unspecified atom stereocenters. The Kier molecular flexibility index (Phi) is 4.26. The molecule has 19 heavy (non-hydrogen) atoms. The van der Waals surface area contributed by atoms with E-state index >= 15 is 0 Å². The molecule has 0 radical (unpaired) electrons. The summed E-state index contributed by atoms with van der Waals surface area (Å²) in [7, 11) is 0. The van der Waals surface area contributed by atoms with E-state index in [1.807, 2.05) is 12.4 Å². The lowest BCUT2D eigenvalue weighted by molar-refractivity contribution is 0.0958. The lowest BCUT2D eigenvalue weighted by Gasteiger charge is -2.10. The number of rotatable bonds is 1. The summed E-state index contributed by atoms with van der Waals surface area (Å²) in [4.78, 5) is 16.2. The number of para-hydroxylation sites is 1. The van der Waals surface area contributed by atoms with E-state index in [1.165, 1.54) is 11.8 Å². The van der Waals surface area contributed by atoms with Crippen molar-refractivity contribution in [2.75, 3.05) is 24.7 Å². The van der Waals surface area contributed by atoms with Gasteiger partial charge in [-0.15, -0.1) is 0 Å². The van der Waals surface area contributed by atoms with Gasteiger partial charge in [0, 0.05) is 13.1 Å². The molecular weight excluding hydrogens is 262 g/mol. The van der Waals surface area contributed by atoms with E-state index in [2.05, 4.69) is 20.9 Å². The fraction of sp³-hybridized carbons (Fsp3) is 0.250. The van der Waals surface area contributed by atoms with Crippen LogP contribution in [-0.2, 0) is 0 Å². The zero-order chi connectivity index (χ0) is 13.7. The predicted molar refractivity (Wildman–Crippen MR) is 76.6 cm³/mol. The van der Waals surface area contributed by atoms with E-state index in [4.69, 9.17) is 5.26 Å². The number of carbonyl (C=O) groups excluding carboxylic acids is 1. The predicted octanol–water partition coefficient (Wildman–Crippen LogP) is 1.26. The van der Waals surface area contributed by atoms with E-state index in [0.29, 0.717) is 35.2 Å². The Labute approximate surface area is 115 Å². The molecule has 1 aliphatic rings. The third-order valence-electron chi connectivity index (χ3n) is 2.58. The maximum absolute atomic E-state index is 11.9. The van der Waals surface area contributed by atoms with Crippen LogP contribution < -0.4 is 16.0 Å². The molecule has 0 bridgehead atoms. The normalized spacial score (nSPS) is 14.5. The van der Waals surface area contributed by atoms with Gasteiger partial charge in [-0.3, -0.25) is 10.1 Å². The van der Waals surface area contributed by atoms with Gasteiger partial charge in [0.05, 0.1) is 16.9 Å². The number of nitrogens with zero attached hydrogens (tertiary/aromatic N) is 2. The SMILES string of the molecule is CSC(=Nc1cccc2c1NCCNC2=O)NC#N. The highest BCUT2D eigenvalue weighted by atomic mass is 32.2. The molecule has 1 amide bonds. The second-order valence-electron chi connectivity index (χ2n) is 3.74. The fourth-order valence-electron chi connectivity index (χ4n) is 1.75. The van der Waals surface area contributed by atoms with Gasteiger partial charge in [-0.05, 0) is 18.4 Å². The third kappa shape index (κ3) is 2.98. The summed E-state index contributed by atoms with van der Waals surface area (Å²) in [6.45, 7) is 1.22. The van der Waals surface area contributed by atoms with E-state index in [-0.39, 0.29) is 5.91 Å². The monoisotopic (exact) mass is 275 g/mol. The summed E-state index contributed by atoms with van der Waals surface area (Å²) >= 11 is 1.33. The molecule has 1 aliphatic heterocycles.